The van der Waals surface area contributed by atoms with E-state index in [1.54, 1.807) is 24.5 Å². The van der Waals surface area contributed by atoms with Gasteiger partial charge in [0.2, 0.25) is 0 Å². The molecule has 1 amide bonds. The average Bonchev–Trinajstić information content (AvgIpc) is 2.17. The molecule has 4 nitrogen and oxygen atoms in total. The normalized spacial score (nSPS) is 11.7. The molecule has 1 rings (SSSR count). The van der Waals surface area contributed by atoms with Gasteiger partial charge in [-0.05, 0) is 17.5 Å². The van der Waals surface area contributed by atoms with Gasteiger partial charge in [-0.15, -0.1) is 0 Å². The smallest absolute Gasteiger partial charge is 0.267 e. The van der Waals surface area contributed by atoms with Crippen LogP contribution < -0.4 is 5.43 Å². The third-order valence-electron chi connectivity index (χ3n) is 1.54. The zero-order valence-electron chi connectivity index (χ0n) is 9.19. The van der Waals surface area contributed by atoms with Crippen molar-refractivity contribution in [3.8, 4) is 0 Å². The van der Waals surface area contributed by atoms with E-state index in [4.69, 9.17) is 0 Å². The summed E-state index contributed by atoms with van der Waals surface area (Å²) in [6.45, 7) is 6.02. The number of aromatic nitrogens is 1. The fourth-order valence-corrected chi connectivity index (χ4v) is 0.846. The first-order valence-corrected chi connectivity index (χ1v) is 4.74. The second-order valence-corrected chi connectivity index (χ2v) is 4.31. The highest BCUT2D eigenvalue weighted by molar-refractivity contribution is 5.94. The summed E-state index contributed by atoms with van der Waals surface area (Å²) < 4.78 is 0. The Hall–Kier alpha value is -1.71. The second kappa shape index (κ2) is 4.68. The minimum atomic E-state index is -0.247. The molecular formula is C11H15N3O. The number of carbonyl (C=O) groups excluding carboxylic acids is 1. The number of hydrogen-bond donors (Lipinski definition) is 1. The van der Waals surface area contributed by atoms with Crippen molar-refractivity contribution in [2.75, 3.05) is 0 Å². The van der Waals surface area contributed by atoms with Crippen LogP contribution in [0.2, 0.25) is 0 Å². The molecule has 1 aromatic heterocycles. The standard InChI is InChI=1S/C11H15N3O/c1-11(2,3)8-13-14-10(15)9-5-4-6-12-7-9/h4-8H,1-3H3,(H,14,15). The number of hydrazone groups is 1. The lowest BCUT2D eigenvalue weighted by atomic mass is 9.99. The largest absolute Gasteiger partial charge is 0.272 e. The fourth-order valence-electron chi connectivity index (χ4n) is 0.846. The molecule has 1 N–H and O–H groups in total. The van der Waals surface area contributed by atoms with Gasteiger partial charge in [0.15, 0.2) is 0 Å². The van der Waals surface area contributed by atoms with Gasteiger partial charge in [-0.2, -0.15) is 5.10 Å². The minimum Gasteiger partial charge on any atom is -0.267 e. The van der Waals surface area contributed by atoms with Gasteiger partial charge in [0.25, 0.3) is 5.91 Å². The van der Waals surface area contributed by atoms with Crippen LogP contribution >= 0.6 is 0 Å². The van der Waals surface area contributed by atoms with Gasteiger partial charge in [0.1, 0.15) is 0 Å². The van der Waals surface area contributed by atoms with Crippen LogP contribution in [-0.2, 0) is 0 Å². The van der Waals surface area contributed by atoms with E-state index in [-0.39, 0.29) is 11.3 Å². The molecule has 0 saturated heterocycles. The lowest BCUT2D eigenvalue weighted by Gasteiger charge is -2.09. The van der Waals surface area contributed by atoms with E-state index in [1.165, 1.54) is 6.20 Å². The van der Waals surface area contributed by atoms with Crippen molar-refractivity contribution in [3.63, 3.8) is 0 Å². The van der Waals surface area contributed by atoms with Crippen molar-refractivity contribution in [3.05, 3.63) is 30.1 Å². The number of hydrogen-bond acceptors (Lipinski definition) is 3. The summed E-state index contributed by atoms with van der Waals surface area (Å²) in [6, 6.07) is 3.40. The molecule has 0 unspecified atom stereocenters. The molecule has 15 heavy (non-hydrogen) atoms. The molecule has 1 aromatic rings. The van der Waals surface area contributed by atoms with E-state index in [0.29, 0.717) is 5.56 Å². The first-order chi connectivity index (χ1) is 6.99. The molecule has 0 aromatic carbocycles. The third-order valence-corrected chi connectivity index (χ3v) is 1.54. The maximum atomic E-state index is 11.5. The predicted octanol–water partition coefficient (Wildman–Crippen LogP) is 1.84. The van der Waals surface area contributed by atoms with E-state index in [2.05, 4.69) is 15.5 Å². The Labute approximate surface area is 89.4 Å². The Balaban J connectivity index is 2.55. The molecule has 0 bridgehead atoms. The minimum absolute atomic E-state index is 0.0395. The molecule has 0 fully saturated rings. The maximum absolute atomic E-state index is 11.5. The molecule has 0 aliphatic heterocycles. The van der Waals surface area contributed by atoms with E-state index in [9.17, 15) is 4.79 Å². The fraction of sp³-hybridized carbons (Fsp3) is 0.364. The van der Waals surface area contributed by atoms with Gasteiger partial charge in [0, 0.05) is 18.6 Å². The summed E-state index contributed by atoms with van der Waals surface area (Å²) in [5.41, 5.74) is 2.91. The van der Waals surface area contributed by atoms with Gasteiger partial charge < -0.3 is 0 Å². The average molecular weight is 205 g/mol. The van der Waals surface area contributed by atoms with Crippen molar-refractivity contribution in [1.82, 2.24) is 10.4 Å². The lowest BCUT2D eigenvalue weighted by Crippen LogP contribution is -2.19. The van der Waals surface area contributed by atoms with E-state index in [1.807, 2.05) is 20.8 Å². The summed E-state index contributed by atoms with van der Waals surface area (Å²) in [4.78, 5) is 15.3. The summed E-state index contributed by atoms with van der Waals surface area (Å²) >= 11 is 0. The van der Waals surface area contributed by atoms with Gasteiger partial charge >= 0.3 is 0 Å². The topological polar surface area (TPSA) is 54.4 Å². The van der Waals surface area contributed by atoms with Crippen LogP contribution in [0.15, 0.2) is 29.6 Å². The van der Waals surface area contributed by atoms with Gasteiger partial charge in [-0.1, -0.05) is 20.8 Å². The number of carbonyl (C=O) groups is 1. The Morgan fingerprint density at radius 1 is 1.53 bits per heavy atom. The van der Waals surface area contributed by atoms with E-state index in [0.717, 1.165) is 0 Å². The first-order valence-electron chi connectivity index (χ1n) is 4.74. The highest BCUT2D eigenvalue weighted by Crippen LogP contribution is 2.07. The Morgan fingerprint density at radius 3 is 2.80 bits per heavy atom. The number of amides is 1. The molecule has 0 saturated carbocycles. The maximum Gasteiger partial charge on any atom is 0.272 e. The van der Waals surface area contributed by atoms with Crippen LogP contribution in [0.5, 0.6) is 0 Å². The van der Waals surface area contributed by atoms with Crippen molar-refractivity contribution < 1.29 is 4.79 Å². The van der Waals surface area contributed by atoms with Gasteiger partial charge in [-0.25, -0.2) is 5.43 Å². The molecule has 1 heterocycles. The van der Waals surface area contributed by atoms with Crippen molar-refractivity contribution in [1.29, 1.82) is 0 Å². The quantitative estimate of drug-likeness (QED) is 0.591. The summed E-state index contributed by atoms with van der Waals surface area (Å²) in [5, 5.41) is 3.87. The van der Waals surface area contributed by atoms with Crippen LogP contribution in [0.1, 0.15) is 31.1 Å². The first kappa shape index (κ1) is 11.4. The SMILES string of the molecule is CC(C)(C)C=NNC(=O)c1cccnc1. The monoisotopic (exact) mass is 205 g/mol. The Kier molecular flexibility index (Phi) is 3.55. The number of pyridine rings is 1. The second-order valence-electron chi connectivity index (χ2n) is 4.31. The third kappa shape index (κ3) is 4.35. The van der Waals surface area contributed by atoms with Crippen LogP contribution in [0.3, 0.4) is 0 Å². The predicted molar refractivity (Wildman–Crippen MR) is 59.7 cm³/mol. The van der Waals surface area contributed by atoms with Crippen LogP contribution in [0.4, 0.5) is 0 Å². The lowest BCUT2D eigenvalue weighted by molar-refractivity contribution is 0.0954. The zero-order chi connectivity index (χ0) is 11.3. The van der Waals surface area contributed by atoms with Crippen LogP contribution in [0, 0.1) is 5.41 Å². The van der Waals surface area contributed by atoms with Crippen LogP contribution in [-0.4, -0.2) is 17.1 Å². The summed E-state index contributed by atoms with van der Waals surface area (Å²) in [7, 11) is 0. The van der Waals surface area contributed by atoms with E-state index < -0.39 is 0 Å². The Morgan fingerprint density at radius 2 is 2.27 bits per heavy atom. The van der Waals surface area contributed by atoms with Crippen LogP contribution in [0.25, 0.3) is 0 Å². The molecule has 0 aliphatic carbocycles. The summed E-state index contributed by atoms with van der Waals surface area (Å²) in [6.07, 6.45) is 4.82. The molecule has 0 atom stereocenters. The highest BCUT2D eigenvalue weighted by atomic mass is 16.2. The molecular weight excluding hydrogens is 190 g/mol. The number of rotatable bonds is 2. The molecule has 4 heteroatoms. The molecule has 0 spiro atoms. The van der Waals surface area contributed by atoms with Gasteiger partial charge in [0.05, 0.1) is 5.56 Å². The number of nitrogens with zero attached hydrogens (tertiary/aromatic N) is 2. The molecule has 0 aliphatic rings. The van der Waals surface area contributed by atoms with Gasteiger partial charge in [-0.3, -0.25) is 9.78 Å². The molecule has 80 valence electrons. The van der Waals surface area contributed by atoms with Crippen molar-refractivity contribution in [2.45, 2.75) is 20.8 Å². The Bertz CT molecular complexity index is 352. The highest BCUT2D eigenvalue weighted by Gasteiger charge is 2.06. The molecule has 0 radical (unpaired) electrons. The summed E-state index contributed by atoms with van der Waals surface area (Å²) in [5.74, 6) is -0.247. The van der Waals surface area contributed by atoms with E-state index >= 15 is 0 Å². The van der Waals surface area contributed by atoms with Crippen molar-refractivity contribution in [2.24, 2.45) is 10.5 Å². The van der Waals surface area contributed by atoms with Crippen molar-refractivity contribution >= 4 is 12.1 Å². The zero-order valence-corrected chi connectivity index (χ0v) is 9.19. The number of nitrogens with one attached hydrogen (secondary N) is 1.